The maximum absolute atomic E-state index is 11.0. The standard InChI is InChI=1S/C9H12O4/c10-8(11)3-5-1-7-2-6(5)4-9(12)13-7/h5-7H,1-4H2,(H,10,11)/t5-,6-,7+/m1/s1. The van der Waals surface area contributed by atoms with E-state index >= 15 is 0 Å². The molecule has 1 N–H and O–H groups in total. The number of hydrogen-bond acceptors (Lipinski definition) is 3. The molecule has 2 rings (SSSR count). The number of hydrogen-bond donors (Lipinski definition) is 1. The molecule has 1 aliphatic heterocycles. The van der Waals surface area contributed by atoms with Crippen LogP contribution in [0.15, 0.2) is 0 Å². The van der Waals surface area contributed by atoms with Crippen molar-refractivity contribution in [3.8, 4) is 0 Å². The molecule has 13 heavy (non-hydrogen) atoms. The van der Waals surface area contributed by atoms with Crippen LogP contribution in [-0.4, -0.2) is 23.1 Å². The first-order valence-electron chi connectivity index (χ1n) is 4.56. The zero-order valence-electron chi connectivity index (χ0n) is 7.23. The van der Waals surface area contributed by atoms with Crippen LogP contribution in [0, 0.1) is 11.8 Å². The summed E-state index contributed by atoms with van der Waals surface area (Å²) in [4.78, 5) is 21.5. The fraction of sp³-hybridized carbons (Fsp3) is 0.778. The van der Waals surface area contributed by atoms with Gasteiger partial charge in [-0.2, -0.15) is 0 Å². The van der Waals surface area contributed by atoms with E-state index in [1.807, 2.05) is 0 Å². The van der Waals surface area contributed by atoms with Crippen LogP contribution in [0.1, 0.15) is 25.7 Å². The van der Waals surface area contributed by atoms with Gasteiger partial charge in [0.1, 0.15) is 6.10 Å². The molecule has 1 saturated heterocycles. The van der Waals surface area contributed by atoms with Crippen LogP contribution < -0.4 is 0 Å². The number of carboxylic acids is 1. The van der Waals surface area contributed by atoms with Gasteiger partial charge in [-0.25, -0.2) is 0 Å². The molecule has 0 aromatic rings. The third-order valence-electron chi connectivity index (χ3n) is 2.96. The monoisotopic (exact) mass is 184 g/mol. The van der Waals surface area contributed by atoms with Crippen LogP contribution in [0.25, 0.3) is 0 Å². The SMILES string of the molecule is O=C(O)C[C@H]1C[C@H]2C[C@@H]1CC(=O)O2. The Morgan fingerprint density at radius 3 is 3.00 bits per heavy atom. The second-order valence-electron chi connectivity index (χ2n) is 3.91. The number of esters is 1. The summed E-state index contributed by atoms with van der Waals surface area (Å²) in [6.45, 7) is 0. The summed E-state index contributed by atoms with van der Waals surface area (Å²) in [6, 6.07) is 0. The van der Waals surface area contributed by atoms with E-state index in [0.29, 0.717) is 6.42 Å². The van der Waals surface area contributed by atoms with Gasteiger partial charge in [-0.05, 0) is 24.7 Å². The molecular formula is C9H12O4. The Labute approximate surface area is 75.9 Å². The van der Waals surface area contributed by atoms with Gasteiger partial charge in [0.15, 0.2) is 0 Å². The van der Waals surface area contributed by atoms with E-state index < -0.39 is 5.97 Å². The summed E-state index contributed by atoms with van der Waals surface area (Å²) in [5.74, 6) is -0.532. The Balaban J connectivity index is 2.01. The topological polar surface area (TPSA) is 63.6 Å². The Bertz CT molecular complexity index is 248. The van der Waals surface area contributed by atoms with Crippen molar-refractivity contribution < 1.29 is 19.4 Å². The maximum atomic E-state index is 11.0. The zero-order valence-corrected chi connectivity index (χ0v) is 7.23. The Hall–Kier alpha value is -1.06. The molecule has 2 bridgehead atoms. The van der Waals surface area contributed by atoms with Crippen molar-refractivity contribution in [1.29, 1.82) is 0 Å². The van der Waals surface area contributed by atoms with Crippen LogP contribution in [0.4, 0.5) is 0 Å². The van der Waals surface area contributed by atoms with Gasteiger partial charge in [-0.1, -0.05) is 0 Å². The van der Waals surface area contributed by atoms with Crippen molar-refractivity contribution in [2.75, 3.05) is 0 Å². The number of carbonyl (C=O) groups is 2. The number of ether oxygens (including phenoxy) is 1. The third-order valence-corrected chi connectivity index (χ3v) is 2.96. The first-order valence-corrected chi connectivity index (χ1v) is 4.56. The van der Waals surface area contributed by atoms with Crippen LogP contribution in [0.2, 0.25) is 0 Å². The number of fused-ring (bicyclic) bond motifs is 2. The van der Waals surface area contributed by atoms with Crippen LogP contribution >= 0.6 is 0 Å². The van der Waals surface area contributed by atoms with Gasteiger partial charge >= 0.3 is 11.9 Å². The Morgan fingerprint density at radius 1 is 1.54 bits per heavy atom. The second-order valence-corrected chi connectivity index (χ2v) is 3.91. The third kappa shape index (κ3) is 1.66. The van der Waals surface area contributed by atoms with E-state index in [4.69, 9.17) is 9.84 Å². The van der Waals surface area contributed by atoms with E-state index in [0.717, 1.165) is 12.8 Å². The molecule has 3 atom stereocenters. The lowest BCUT2D eigenvalue weighted by molar-refractivity contribution is -0.153. The highest BCUT2D eigenvalue weighted by Crippen LogP contribution is 2.41. The van der Waals surface area contributed by atoms with E-state index in [1.165, 1.54) is 0 Å². The van der Waals surface area contributed by atoms with Gasteiger partial charge in [0.05, 0.1) is 0 Å². The minimum Gasteiger partial charge on any atom is -0.481 e. The minimum absolute atomic E-state index is 0.00407. The molecule has 0 unspecified atom stereocenters. The fourth-order valence-corrected chi connectivity index (χ4v) is 2.43. The molecule has 2 fully saturated rings. The molecule has 0 spiro atoms. The molecule has 1 saturated carbocycles. The molecule has 4 nitrogen and oxygen atoms in total. The number of aliphatic carboxylic acids is 1. The Morgan fingerprint density at radius 2 is 2.31 bits per heavy atom. The fourth-order valence-electron chi connectivity index (χ4n) is 2.43. The van der Waals surface area contributed by atoms with Crippen molar-refractivity contribution in [3.63, 3.8) is 0 Å². The molecule has 4 heteroatoms. The number of rotatable bonds is 2. The van der Waals surface area contributed by atoms with Crippen molar-refractivity contribution in [2.45, 2.75) is 31.8 Å². The summed E-state index contributed by atoms with van der Waals surface area (Å²) in [7, 11) is 0. The summed E-state index contributed by atoms with van der Waals surface area (Å²) < 4.78 is 5.06. The zero-order chi connectivity index (χ0) is 9.42. The molecule has 0 aromatic carbocycles. The molecule has 0 radical (unpaired) electrons. The van der Waals surface area contributed by atoms with E-state index in [1.54, 1.807) is 0 Å². The van der Waals surface area contributed by atoms with Crippen molar-refractivity contribution in [3.05, 3.63) is 0 Å². The van der Waals surface area contributed by atoms with Gasteiger partial charge in [-0.15, -0.1) is 0 Å². The van der Waals surface area contributed by atoms with Gasteiger partial charge in [0.2, 0.25) is 0 Å². The predicted octanol–water partition coefficient (Wildman–Crippen LogP) is 0.803. The average molecular weight is 184 g/mol. The largest absolute Gasteiger partial charge is 0.481 e. The number of carbonyl (C=O) groups excluding carboxylic acids is 1. The quantitative estimate of drug-likeness (QED) is 0.645. The van der Waals surface area contributed by atoms with Crippen LogP contribution in [-0.2, 0) is 14.3 Å². The average Bonchev–Trinajstić information content (AvgIpc) is 2.25. The smallest absolute Gasteiger partial charge is 0.306 e. The van der Waals surface area contributed by atoms with E-state index in [-0.39, 0.29) is 30.3 Å². The van der Waals surface area contributed by atoms with Crippen molar-refractivity contribution in [1.82, 2.24) is 0 Å². The molecule has 1 heterocycles. The minimum atomic E-state index is -0.773. The second kappa shape index (κ2) is 3.01. The lowest BCUT2D eigenvalue weighted by Gasteiger charge is -2.19. The molecule has 72 valence electrons. The first kappa shape index (κ1) is 8.53. The lowest BCUT2D eigenvalue weighted by atomic mass is 9.90. The van der Waals surface area contributed by atoms with Crippen molar-refractivity contribution >= 4 is 11.9 Å². The highest BCUT2D eigenvalue weighted by atomic mass is 16.5. The van der Waals surface area contributed by atoms with Gasteiger partial charge in [0, 0.05) is 12.8 Å². The summed E-state index contributed by atoms with van der Waals surface area (Å²) in [6.07, 6.45) is 2.19. The van der Waals surface area contributed by atoms with Gasteiger partial charge < -0.3 is 9.84 Å². The van der Waals surface area contributed by atoms with E-state index in [2.05, 4.69) is 0 Å². The molecule has 0 amide bonds. The van der Waals surface area contributed by atoms with E-state index in [9.17, 15) is 9.59 Å². The lowest BCUT2D eigenvalue weighted by Crippen LogP contribution is -2.22. The maximum Gasteiger partial charge on any atom is 0.306 e. The van der Waals surface area contributed by atoms with Crippen molar-refractivity contribution in [2.24, 2.45) is 11.8 Å². The Kier molecular flexibility index (Phi) is 1.98. The number of carboxylic acid groups (broad SMARTS) is 1. The highest BCUT2D eigenvalue weighted by Gasteiger charge is 2.42. The summed E-state index contributed by atoms with van der Waals surface area (Å²) >= 11 is 0. The van der Waals surface area contributed by atoms with Crippen LogP contribution in [0.5, 0.6) is 0 Å². The highest BCUT2D eigenvalue weighted by molar-refractivity contribution is 5.72. The van der Waals surface area contributed by atoms with Gasteiger partial charge in [-0.3, -0.25) is 9.59 Å². The first-order chi connectivity index (χ1) is 6.15. The molecule has 2 aliphatic rings. The molecule has 0 aromatic heterocycles. The molecular weight excluding hydrogens is 172 g/mol. The van der Waals surface area contributed by atoms with Crippen LogP contribution in [0.3, 0.4) is 0 Å². The summed E-state index contributed by atoms with van der Waals surface area (Å²) in [5.41, 5.74) is 0. The molecule has 1 aliphatic carbocycles. The van der Waals surface area contributed by atoms with Gasteiger partial charge in [0.25, 0.3) is 0 Å². The summed E-state index contributed by atoms with van der Waals surface area (Å²) in [5, 5.41) is 8.63. The predicted molar refractivity (Wildman–Crippen MR) is 43.0 cm³/mol. The normalized spacial score (nSPS) is 37.2.